The molecule has 1 heterocycles. The zero-order valence-electron chi connectivity index (χ0n) is 14.6. The summed E-state index contributed by atoms with van der Waals surface area (Å²) < 4.78 is 5.81. The lowest BCUT2D eigenvalue weighted by atomic mass is 10.2. The zero-order valence-corrected chi connectivity index (χ0v) is 16.9. The third-order valence-electron chi connectivity index (χ3n) is 3.64. The van der Waals surface area contributed by atoms with Crippen LogP contribution in [0.3, 0.4) is 0 Å². The summed E-state index contributed by atoms with van der Waals surface area (Å²) in [4.78, 5) is 24.8. The Labute approximate surface area is 176 Å². The monoisotopic (exact) mass is 434 g/mol. The fourth-order valence-electron chi connectivity index (χ4n) is 2.32. The highest BCUT2D eigenvalue weighted by molar-refractivity contribution is 7.12. The van der Waals surface area contributed by atoms with E-state index < -0.39 is 0 Å². The quantitative estimate of drug-likeness (QED) is 0.507. The number of thiophene rings is 1. The average molecular weight is 435 g/mol. The van der Waals surface area contributed by atoms with Gasteiger partial charge in [0, 0.05) is 23.0 Å². The molecule has 2 aromatic carbocycles. The first kappa shape index (κ1) is 20.2. The van der Waals surface area contributed by atoms with Crippen LogP contribution in [0.1, 0.15) is 16.1 Å². The minimum atomic E-state index is -0.269. The molecule has 1 aromatic heterocycles. The SMILES string of the molecule is O=C(CCNC(=O)c1cccs1)Nc1cc(Cl)ccc1Oc1ccc(Cl)cc1. The van der Waals surface area contributed by atoms with E-state index in [0.717, 1.165) is 0 Å². The topological polar surface area (TPSA) is 67.4 Å². The highest BCUT2D eigenvalue weighted by Crippen LogP contribution is 2.32. The molecule has 2 amide bonds. The lowest BCUT2D eigenvalue weighted by Gasteiger charge is -2.13. The third kappa shape index (κ3) is 5.73. The maximum absolute atomic E-state index is 12.3. The molecule has 0 fully saturated rings. The number of ether oxygens (including phenoxy) is 1. The van der Waals surface area contributed by atoms with Crippen LogP contribution in [0.15, 0.2) is 60.0 Å². The first-order valence-corrected chi connectivity index (χ1v) is 9.99. The maximum atomic E-state index is 12.3. The van der Waals surface area contributed by atoms with Crippen LogP contribution >= 0.6 is 34.5 Å². The normalized spacial score (nSPS) is 10.4. The van der Waals surface area contributed by atoms with Crippen molar-refractivity contribution in [2.75, 3.05) is 11.9 Å². The third-order valence-corrected chi connectivity index (χ3v) is 5.00. The van der Waals surface area contributed by atoms with Crippen molar-refractivity contribution in [3.05, 3.63) is 74.9 Å². The van der Waals surface area contributed by atoms with Gasteiger partial charge >= 0.3 is 0 Å². The fourth-order valence-corrected chi connectivity index (χ4v) is 3.25. The van der Waals surface area contributed by atoms with Crippen molar-refractivity contribution < 1.29 is 14.3 Å². The van der Waals surface area contributed by atoms with Crippen molar-refractivity contribution >= 4 is 52.0 Å². The van der Waals surface area contributed by atoms with Gasteiger partial charge in [-0.05, 0) is 53.9 Å². The molecule has 5 nitrogen and oxygen atoms in total. The molecule has 0 saturated carbocycles. The van der Waals surface area contributed by atoms with Gasteiger partial charge in [-0.25, -0.2) is 0 Å². The van der Waals surface area contributed by atoms with Gasteiger partial charge in [0.05, 0.1) is 10.6 Å². The molecule has 3 aromatic rings. The highest BCUT2D eigenvalue weighted by atomic mass is 35.5. The van der Waals surface area contributed by atoms with Crippen molar-refractivity contribution in [1.82, 2.24) is 5.32 Å². The molecule has 0 aliphatic heterocycles. The van der Waals surface area contributed by atoms with Crippen LogP contribution in [0.4, 0.5) is 5.69 Å². The van der Waals surface area contributed by atoms with E-state index in [4.69, 9.17) is 27.9 Å². The standard InChI is InChI=1S/C20H16Cl2N2O3S/c21-13-3-6-15(7-4-13)27-17-8-5-14(22)12-16(17)24-19(25)9-10-23-20(26)18-2-1-11-28-18/h1-8,11-12H,9-10H2,(H,23,26)(H,24,25). The van der Waals surface area contributed by atoms with Crippen LogP contribution in [0, 0.1) is 0 Å². The smallest absolute Gasteiger partial charge is 0.261 e. The molecule has 0 radical (unpaired) electrons. The predicted molar refractivity (Wildman–Crippen MR) is 113 cm³/mol. The molecule has 0 unspecified atom stereocenters. The van der Waals surface area contributed by atoms with E-state index in [1.165, 1.54) is 11.3 Å². The summed E-state index contributed by atoms with van der Waals surface area (Å²) in [5.41, 5.74) is 0.442. The van der Waals surface area contributed by atoms with Crippen LogP contribution in [0.25, 0.3) is 0 Å². The lowest BCUT2D eigenvalue weighted by Crippen LogP contribution is -2.27. The van der Waals surface area contributed by atoms with Gasteiger partial charge < -0.3 is 15.4 Å². The Morgan fingerprint density at radius 1 is 1.00 bits per heavy atom. The fraction of sp³-hybridized carbons (Fsp3) is 0.100. The predicted octanol–water partition coefficient (Wildman–Crippen LogP) is 5.61. The molecule has 28 heavy (non-hydrogen) atoms. The number of hydrogen-bond donors (Lipinski definition) is 2. The number of anilines is 1. The number of halogens is 2. The van der Waals surface area contributed by atoms with Crippen molar-refractivity contribution in [1.29, 1.82) is 0 Å². The van der Waals surface area contributed by atoms with Gasteiger partial charge in [0.2, 0.25) is 5.91 Å². The van der Waals surface area contributed by atoms with Crippen LogP contribution < -0.4 is 15.4 Å². The highest BCUT2D eigenvalue weighted by Gasteiger charge is 2.11. The van der Waals surface area contributed by atoms with E-state index in [0.29, 0.717) is 32.1 Å². The molecule has 8 heteroatoms. The molecule has 144 valence electrons. The van der Waals surface area contributed by atoms with Crippen molar-refractivity contribution in [2.24, 2.45) is 0 Å². The summed E-state index contributed by atoms with van der Waals surface area (Å²) in [6.45, 7) is 0.219. The molecular formula is C20H16Cl2N2O3S. The van der Waals surface area contributed by atoms with Gasteiger partial charge in [-0.3, -0.25) is 9.59 Å². The van der Waals surface area contributed by atoms with E-state index in [-0.39, 0.29) is 24.8 Å². The maximum Gasteiger partial charge on any atom is 0.261 e. The Morgan fingerprint density at radius 3 is 2.46 bits per heavy atom. The van der Waals surface area contributed by atoms with Gasteiger partial charge in [-0.1, -0.05) is 29.3 Å². The van der Waals surface area contributed by atoms with Crippen LogP contribution in [-0.4, -0.2) is 18.4 Å². The number of benzene rings is 2. The van der Waals surface area contributed by atoms with E-state index in [1.807, 2.05) is 5.38 Å². The van der Waals surface area contributed by atoms with E-state index in [9.17, 15) is 9.59 Å². The number of rotatable bonds is 7. The number of amides is 2. The second-order valence-electron chi connectivity index (χ2n) is 5.73. The van der Waals surface area contributed by atoms with Crippen molar-refractivity contribution in [3.8, 4) is 11.5 Å². The van der Waals surface area contributed by atoms with Gasteiger partial charge in [-0.2, -0.15) is 0 Å². The van der Waals surface area contributed by atoms with Crippen LogP contribution in [-0.2, 0) is 4.79 Å². The Hall–Kier alpha value is -2.54. The van der Waals surface area contributed by atoms with Gasteiger partial charge in [-0.15, -0.1) is 11.3 Å². The summed E-state index contributed by atoms with van der Waals surface area (Å²) in [5.74, 6) is 0.556. The minimum Gasteiger partial charge on any atom is -0.455 e. The minimum absolute atomic E-state index is 0.115. The van der Waals surface area contributed by atoms with Crippen LogP contribution in [0.2, 0.25) is 10.0 Å². The Kier molecular flexibility index (Phi) is 6.92. The zero-order chi connectivity index (χ0) is 19.9. The summed E-state index contributed by atoms with van der Waals surface area (Å²) in [5, 5.41) is 8.37. The molecular weight excluding hydrogens is 419 g/mol. The van der Waals surface area contributed by atoms with E-state index in [2.05, 4.69) is 10.6 Å². The van der Waals surface area contributed by atoms with E-state index in [1.54, 1.807) is 54.6 Å². The van der Waals surface area contributed by atoms with E-state index >= 15 is 0 Å². The van der Waals surface area contributed by atoms with Crippen LogP contribution in [0.5, 0.6) is 11.5 Å². The average Bonchev–Trinajstić information content (AvgIpc) is 3.20. The Bertz CT molecular complexity index is 960. The molecule has 3 rings (SSSR count). The summed E-state index contributed by atoms with van der Waals surface area (Å²) in [6.07, 6.45) is 0.115. The number of hydrogen-bond acceptors (Lipinski definition) is 4. The molecule has 0 spiro atoms. The second kappa shape index (κ2) is 9.59. The lowest BCUT2D eigenvalue weighted by molar-refractivity contribution is -0.116. The van der Waals surface area contributed by atoms with Crippen molar-refractivity contribution in [3.63, 3.8) is 0 Å². The largest absolute Gasteiger partial charge is 0.455 e. The van der Waals surface area contributed by atoms with Gasteiger partial charge in [0.25, 0.3) is 5.91 Å². The van der Waals surface area contributed by atoms with Gasteiger partial charge in [0.15, 0.2) is 5.75 Å². The number of nitrogens with one attached hydrogen (secondary N) is 2. The first-order valence-electron chi connectivity index (χ1n) is 8.36. The molecule has 0 bridgehead atoms. The second-order valence-corrected chi connectivity index (χ2v) is 7.55. The van der Waals surface area contributed by atoms with Crippen molar-refractivity contribution in [2.45, 2.75) is 6.42 Å². The molecule has 0 aliphatic carbocycles. The summed E-state index contributed by atoms with van der Waals surface area (Å²) >= 11 is 13.3. The molecule has 0 saturated heterocycles. The Morgan fingerprint density at radius 2 is 1.75 bits per heavy atom. The molecule has 0 atom stereocenters. The number of carbonyl (C=O) groups is 2. The Balaban J connectivity index is 1.59. The number of carbonyl (C=O) groups excluding carboxylic acids is 2. The molecule has 2 N–H and O–H groups in total. The summed E-state index contributed by atoms with van der Waals surface area (Å²) in [7, 11) is 0. The first-order chi connectivity index (χ1) is 13.5. The summed E-state index contributed by atoms with van der Waals surface area (Å²) in [6, 6.07) is 15.3. The molecule has 0 aliphatic rings. The van der Waals surface area contributed by atoms with Gasteiger partial charge in [0.1, 0.15) is 5.75 Å².